The average Bonchev–Trinajstić information content (AvgIpc) is 2.82. The van der Waals surface area contributed by atoms with E-state index >= 15 is 0 Å². The normalized spacial score (nSPS) is 12.0. The summed E-state index contributed by atoms with van der Waals surface area (Å²) in [5.41, 5.74) is 1.79. The number of rotatable bonds is 2. The summed E-state index contributed by atoms with van der Waals surface area (Å²) in [7, 11) is 0. The van der Waals surface area contributed by atoms with Crippen molar-refractivity contribution in [3.05, 3.63) is 47.5 Å². The van der Waals surface area contributed by atoms with Crippen LogP contribution in [-0.2, 0) is 0 Å². The van der Waals surface area contributed by atoms with Crippen molar-refractivity contribution in [2.45, 2.75) is 12.8 Å². The third kappa shape index (κ3) is 1.86. The predicted octanol–water partition coefficient (Wildman–Crippen LogP) is 1.83. The third-order valence-electron chi connectivity index (χ3n) is 2.38. The lowest BCUT2D eigenvalue weighted by molar-refractivity contribution is 0.822. The Morgan fingerprint density at radius 1 is 1.33 bits per heavy atom. The zero-order chi connectivity index (χ0) is 10.7. The van der Waals surface area contributed by atoms with E-state index in [4.69, 9.17) is 5.26 Å². The highest BCUT2D eigenvalue weighted by atomic mass is 15.2. The molecule has 1 aromatic heterocycles. The van der Waals surface area contributed by atoms with Crippen molar-refractivity contribution in [2.24, 2.45) is 0 Å². The molecule has 1 unspecified atom stereocenters. The second-order valence-corrected chi connectivity index (χ2v) is 3.33. The van der Waals surface area contributed by atoms with E-state index in [0.717, 1.165) is 11.4 Å². The second-order valence-electron chi connectivity index (χ2n) is 3.33. The zero-order valence-corrected chi connectivity index (χ0v) is 8.31. The van der Waals surface area contributed by atoms with Gasteiger partial charge in [-0.3, -0.25) is 5.10 Å². The van der Waals surface area contributed by atoms with Crippen LogP contribution in [0.1, 0.15) is 29.8 Å². The van der Waals surface area contributed by atoms with E-state index in [-0.39, 0.29) is 5.92 Å². The van der Waals surface area contributed by atoms with Gasteiger partial charge in [0.15, 0.2) is 0 Å². The molecule has 0 saturated heterocycles. The first-order valence-electron chi connectivity index (χ1n) is 4.66. The van der Waals surface area contributed by atoms with Gasteiger partial charge in [-0.1, -0.05) is 19.1 Å². The molecule has 0 radical (unpaired) electrons. The molecule has 2 rings (SSSR count). The van der Waals surface area contributed by atoms with Crippen LogP contribution in [0.15, 0.2) is 30.6 Å². The quantitative estimate of drug-likeness (QED) is 0.800. The van der Waals surface area contributed by atoms with Gasteiger partial charge >= 0.3 is 0 Å². The molecule has 0 spiro atoms. The van der Waals surface area contributed by atoms with Crippen LogP contribution >= 0.6 is 0 Å². The molecule has 0 aliphatic rings. The molecular weight excluding hydrogens is 188 g/mol. The summed E-state index contributed by atoms with van der Waals surface area (Å²) in [4.78, 5) is 4.10. The summed E-state index contributed by atoms with van der Waals surface area (Å²) in [6, 6.07) is 9.58. The molecule has 1 heterocycles. The molecule has 4 heteroatoms. The van der Waals surface area contributed by atoms with Crippen molar-refractivity contribution < 1.29 is 0 Å². The smallest absolute Gasteiger partial charge is 0.137 e. The fourth-order valence-electron chi connectivity index (χ4n) is 1.43. The van der Waals surface area contributed by atoms with Gasteiger partial charge in [0.1, 0.15) is 12.2 Å². The Morgan fingerprint density at radius 3 is 2.60 bits per heavy atom. The van der Waals surface area contributed by atoms with E-state index in [1.807, 2.05) is 31.2 Å². The van der Waals surface area contributed by atoms with Gasteiger partial charge in [-0.05, 0) is 17.7 Å². The van der Waals surface area contributed by atoms with Crippen LogP contribution in [0.25, 0.3) is 0 Å². The van der Waals surface area contributed by atoms with Crippen LogP contribution in [0.3, 0.4) is 0 Å². The highest BCUT2D eigenvalue weighted by Gasteiger charge is 2.10. The van der Waals surface area contributed by atoms with Gasteiger partial charge in [0.05, 0.1) is 11.6 Å². The molecule has 2 aromatic rings. The van der Waals surface area contributed by atoms with E-state index in [1.54, 1.807) is 0 Å². The largest absolute Gasteiger partial charge is 0.263 e. The Kier molecular flexibility index (Phi) is 2.46. The fourth-order valence-corrected chi connectivity index (χ4v) is 1.43. The maximum Gasteiger partial charge on any atom is 0.137 e. The number of H-pyrrole nitrogens is 1. The third-order valence-corrected chi connectivity index (χ3v) is 2.38. The van der Waals surface area contributed by atoms with Crippen LogP contribution in [0.2, 0.25) is 0 Å². The Morgan fingerprint density at radius 2 is 2.07 bits per heavy atom. The number of aromatic amines is 1. The highest BCUT2D eigenvalue weighted by molar-refractivity contribution is 5.34. The van der Waals surface area contributed by atoms with Gasteiger partial charge in [-0.15, -0.1) is 0 Å². The first-order valence-corrected chi connectivity index (χ1v) is 4.66. The number of nitrogens with one attached hydrogen (secondary N) is 1. The molecule has 74 valence electrons. The van der Waals surface area contributed by atoms with Crippen molar-refractivity contribution in [3.8, 4) is 6.07 Å². The highest BCUT2D eigenvalue weighted by Crippen LogP contribution is 2.20. The molecule has 0 saturated carbocycles. The summed E-state index contributed by atoms with van der Waals surface area (Å²) in [6.45, 7) is 2.04. The van der Waals surface area contributed by atoms with Gasteiger partial charge in [0.25, 0.3) is 0 Å². The molecular formula is C11H10N4. The lowest BCUT2D eigenvalue weighted by atomic mass is 9.99. The average molecular weight is 198 g/mol. The number of hydrogen-bond donors (Lipinski definition) is 1. The molecule has 0 bridgehead atoms. The van der Waals surface area contributed by atoms with Gasteiger partial charge in [-0.2, -0.15) is 10.4 Å². The molecule has 0 fully saturated rings. The summed E-state index contributed by atoms with van der Waals surface area (Å²) < 4.78 is 0. The predicted molar refractivity (Wildman–Crippen MR) is 55.1 cm³/mol. The minimum Gasteiger partial charge on any atom is -0.263 e. The van der Waals surface area contributed by atoms with Crippen LogP contribution in [0.4, 0.5) is 0 Å². The lowest BCUT2D eigenvalue weighted by Crippen LogP contribution is -1.98. The van der Waals surface area contributed by atoms with Crippen LogP contribution in [0, 0.1) is 11.3 Å². The summed E-state index contributed by atoms with van der Waals surface area (Å²) in [5.74, 6) is 1.000. The maximum atomic E-state index is 8.67. The van der Waals surface area contributed by atoms with Crippen molar-refractivity contribution in [3.63, 3.8) is 0 Å². The number of aromatic nitrogens is 3. The van der Waals surface area contributed by atoms with Crippen molar-refractivity contribution >= 4 is 0 Å². The minimum atomic E-state index is 0.167. The summed E-state index contributed by atoms with van der Waals surface area (Å²) in [5, 5.41) is 15.3. The van der Waals surface area contributed by atoms with Gasteiger partial charge in [0.2, 0.25) is 0 Å². The topological polar surface area (TPSA) is 65.4 Å². The first kappa shape index (κ1) is 9.41. The molecule has 1 aromatic carbocycles. The van der Waals surface area contributed by atoms with Crippen molar-refractivity contribution in [1.82, 2.24) is 15.2 Å². The fraction of sp³-hybridized carbons (Fsp3) is 0.182. The Hall–Kier alpha value is -2.15. The summed E-state index contributed by atoms with van der Waals surface area (Å²) in [6.07, 6.45) is 1.50. The monoisotopic (exact) mass is 198 g/mol. The van der Waals surface area contributed by atoms with Gasteiger partial charge in [-0.25, -0.2) is 4.98 Å². The van der Waals surface area contributed by atoms with Crippen molar-refractivity contribution in [1.29, 1.82) is 5.26 Å². The van der Waals surface area contributed by atoms with Crippen LogP contribution < -0.4 is 0 Å². The Balaban J connectivity index is 2.27. The standard InChI is InChI=1S/C11H10N4/c1-8(11-13-7-14-15-11)10-4-2-9(6-12)3-5-10/h2-5,7-8H,1H3,(H,13,14,15). The van der Waals surface area contributed by atoms with E-state index in [9.17, 15) is 0 Å². The molecule has 0 amide bonds. The number of benzene rings is 1. The van der Waals surface area contributed by atoms with E-state index in [0.29, 0.717) is 5.56 Å². The molecule has 15 heavy (non-hydrogen) atoms. The molecule has 0 aliphatic heterocycles. The van der Waals surface area contributed by atoms with Crippen LogP contribution in [0.5, 0.6) is 0 Å². The van der Waals surface area contributed by atoms with Gasteiger partial charge < -0.3 is 0 Å². The van der Waals surface area contributed by atoms with E-state index < -0.39 is 0 Å². The van der Waals surface area contributed by atoms with E-state index in [2.05, 4.69) is 21.3 Å². The minimum absolute atomic E-state index is 0.167. The second kappa shape index (κ2) is 3.93. The first-order chi connectivity index (χ1) is 7.31. The van der Waals surface area contributed by atoms with E-state index in [1.165, 1.54) is 6.33 Å². The maximum absolute atomic E-state index is 8.67. The Labute approximate surface area is 87.6 Å². The molecule has 4 nitrogen and oxygen atoms in total. The summed E-state index contributed by atoms with van der Waals surface area (Å²) >= 11 is 0. The van der Waals surface area contributed by atoms with Crippen LogP contribution in [-0.4, -0.2) is 15.2 Å². The number of hydrogen-bond acceptors (Lipinski definition) is 3. The number of nitriles is 1. The number of nitrogens with zero attached hydrogens (tertiary/aromatic N) is 3. The van der Waals surface area contributed by atoms with Gasteiger partial charge in [0, 0.05) is 5.92 Å². The molecule has 1 atom stereocenters. The zero-order valence-electron chi connectivity index (χ0n) is 8.31. The molecule has 0 aliphatic carbocycles. The SMILES string of the molecule is CC(c1ccc(C#N)cc1)c1ncn[nH]1. The Bertz CT molecular complexity index is 464. The molecule has 1 N–H and O–H groups in total. The lowest BCUT2D eigenvalue weighted by Gasteiger charge is -2.07. The van der Waals surface area contributed by atoms with Crippen molar-refractivity contribution in [2.75, 3.05) is 0 Å².